The third-order valence-corrected chi connectivity index (χ3v) is 3.03. The van der Waals surface area contributed by atoms with Gasteiger partial charge in [-0.2, -0.15) is 0 Å². The summed E-state index contributed by atoms with van der Waals surface area (Å²) in [5.74, 6) is 1.05. The number of pyridine rings is 1. The number of halogens is 1. The molecular weight excluding hydrogens is 279 g/mol. The maximum Gasteiger partial charge on any atom is 0.200 e. The number of benzene rings is 1. The number of hydrogen-bond donors (Lipinski definition) is 0. The van der Waals surface area contributed by atoms with Crippen LogP contribution in [-0.2, 0) is 6.54 Å². The Bertz CT molecular complexity index is 728. The van der Waals surface area contributed by atoms with Crippen LogP contribution in [0.4, 0.5) is 4.39 Å². The first kappa shape index (κ1) is 15.8. The lowest BCUT2D eigenvalue weighted by Gasteiger charge is -2.04. The molecule has 5 heteroatoms. The number of aromatic nitrogens is 4. The lowest BCUT2D eigenvalue weighted by atomic mass is 10.2. The quantitative estimate of drug-likeness (QED) is 0.731. The normalized spacial score (nSPS) is 10.0. The van der Waals surface area contributed by atoms with E-state index in [1.165, 1.54) is 6.07 Å². The molecular formula is C17H21FN4. The van der Waals surface area contributed by atoms with Gasteiger partial charge in [-0.05, 0) is 25.1 Å². The second-order valence-electron chi connectivity index (χ2n) is 4.45. The maximum atomic E-state index is 13.7. The van der Waals surface area contributed by atoms with Crippen LogP contribution in [0.5, 0.6) is 0 Å². The van der Waals surface area contributed by atoms with Crippen LogP contribution in [0.3, 0.4) is 0 Å². The summed E-state index contributed by atoms with van der Waals surface area (Å²) in [5.41, 5.74) is 1.30. The van der Waals surface area contributed by atoms with Crippen LogP contribution in [0, 0.1) is 12.7 Å². The first-order chi connectivity index (χ1) is 10.7. The van der Waals surface area contributed by atoms with Gasteiger partial charge in [0.1, 0.15) is 17.3 Å². The van der Waals surface area contributed by atoms with E-state index in [-0.39, 0.29) is 7.24 Å². The Morgan fingerprint density at radius 2 is 1.82 bits per heavy atom. The molecule has 0 N–H and O–H groups in total. The van der Waals surface area contributed by atoms with Crippen molar-refractivity contribution >= 4 is 0 Å². The van der Waals surface area contributed by atoms with Gasteiger partial charge >= 0.3 is 0 Å². The van der Waals surface area contributed by atoms with Crippen LogP contribution in [0.15, 0.2) is 48.7 Å². The van der Waals surface area contributed by atoms with Gasteiger partial charge in [0.2, 0.25) is 0 Å². The van der Waals surface area contributed by atoms with Crippen molar-refractivity contribution in [1.82, 2.24) is 19.7 Å². The largest absolute Gasteiger partial charge is 0.253 e. The zero-order valence-corrected chi connectivity index (χ0v) is 13.0. The van der Waals surface area contributed by atoms with Crippen LogP contribution in [0.1, 0.15) is 26.7 Å². The summed E-state index contributed by atoms with van der Waals surface area (Å²) in [6.45, 7) is 6.21. The molecule has 0 aliphatic heterocycles. The van der Waals surface area contributed by atoms with Crippen LogP contribution in [0.2, 0.25) is 0 Å². The van der Waals surface area contributed by atoms with Crippen molar-refractivity contribution in [3.8, 4) is 11.5 Å². The molecule has 0 bridgehead atoms. The molecule has 0 radical (unpaired) electrons. The summed E-state index contributed by atoms with van der Waals surface area (Å²) in [6, 6.07) is 12.2. The number of rotatable bonds is 3. The molecule has 22 heavy (non-hydrogen) atoms. The Kier molecular flexibility index (Phi) is 5.36. The molecule has 3 rings (SSSR count). The minimum absolute atomic E-state index is 0. The van der Waals surface area contributed by atoms with Crippen molar-refractivity contribution in [2.24, 2.45) is 0 Å². The van der Waals surface area contributed by atoms with E-state index in [1.807, 2.05) is 45.0 Å². The molecule has 0 amide bonds. The third kappa shape index (κ3) is 3.55. The zero-order chi connectivity index (χ0) is 15.9. The van der Waals surface area contributed by atoms with E-state index in [1.54, 1.807) is 23.0 Å². The number of nitrogens with zero attached hydrogens (tertiary/aromatic N) is 4. The molecule has 4 nitrogen and oxygen atoms in total. The second kappa shape index (κ2) is 7.45. The summed E-state index contributed by atoms with van der Waals surface area (Å²) in [5, 5.41) is 4.39. The monoisotopic (exact) mass is 301 g/mol. The molecule has 2 aromatic heterocycles. The van der Waals surface area contributed by atoms with E-state index < -0.39 is 0 Å². The van der Waals surface area contributed by atoms with E-state index in [2.05, 4.69) is 15.1 Å². The van der Waals surface area contributed by atoms with Crippen molar-refractivity contribution in [2.45, 2.75) is 27.3 Å². The zero-order valence-electron chi connectivity index (χ0n) is 13.0. The summed E-state index contributed by atoms with van der Waals surface area (Å²) in [6.07, 6.45) is 1.70. The molecule has 1 aromatic carbocycles. The average Bonchev–Trinajstić information content (AvgIpc) is 2.93. The van der Waals surface area contributed by atoms with Gasteiger partial charge in [-0.1, -0.05) is 38.1 Å². The minimum Gasteiger partial charge on any atom is -0.253 e. The van der Waals surface area contributed by atoms with Crippen molar-refractivity contribution < 1.29 is 5.82 Å². The Balaban J connectivity index is 0.000000849. The van der Waals surface area contributed by atoms with E-state index in [0.29, 0.717) is 23.6 Å². The van der Waals surface area contributed by atoms with E-state index in [0.717, 1.165) is 5.82 Å². The first-order valence-corrected chi connectivity index (χ1v) is 7.30. The van der Waals surface area contributed by atoms with Crippen molar-refractivity contribution in [2.75, 3.05) is 0 Å². The molecule has 0 spiro atoms. The summed E-state index contributed by atoms with van der Waals surface area (Å²) in [7, 11) is 0. The first-order valence-electron chi connectivity index (χ1n) is 7.30. The van der Waals surface area contributed by atoms with Crippen molar-refractivity contribution in [3.05, 3.63) is 65.9 Å². The van der Waals surface area contributed by atoms with Gasteiger partial charge in [-0.3, -0.25) is 4.98 Å². The van der Waals surface area contributed by atoms with Crippen LogP contribution >= 0.6 is 0 Å². The molecule has 0 aliphatic carbocycles. The summed E-state index contributed by atoms with van der Waals surface area (Å²) < 4.78 is 15.3. The fourth-order valence-corrected chi connectivity index (χ4v) is 1.96. The van der Waals surface area contributed by atoms with E-state index >= 15 is 0 Å². The van der Waals surface area contributed by atoms with Gasteiger partial charge < -0.3 is 0 Å². The standard InChI is InChI=1S/C15H13FN4.C2H6.H2/c1-11-18-15(14-8-4-5-9-17-14)19-20(11)10-12-6-2-3-7-13(12)16;1-2;/h2-9H,10H2,1H3;1-2H3;1H/i;;1+1. The van der Waals surface area contributed by atoms with Gasteiger partial charge in [0.25, 0.3) is 0 Å². The molecule has 3 aromatic rings. The topological polar surface area (TPSA) is 43.6 Å². The minimum atomic E-state index is -0.234. The molecule has 0 unspecified atom stereocenters. The number of aryl methyl sites for hydroxylation is 1. The SMILES string of the molecule is CC.Cc1nc(-c2ccccn2)nn1Cc1ccccc1F.[2HH]. The lowest BCUT2D eigenvalue weighted by Crippen LogP contribution is -2.05. The molecule has 2 heterocycles. The van der Waals surface area contributed by atoms with E-state index in [9.17, 15) is 4.39 Å². The van der Waals surface area contributed by atoms with Gasteiger partial charge in [0.15, 0.2) is 5.82 Å². The molecule has 0 fully saturated rings. The van der Waals surface area contributed by atoms with Crippen LogP contribution in [0.25, 0.3) is 11.5 Å². The van der Waals surface area contributed by atoms with E-state index in [4.69, 9.17) is 0 Å². The lowest BCUT2D eigenvalue weighted by molar-refractivity contribution is 0.579. The van der Waals surface area contributed by atoms with Gasteiger partial charge in [0.05, 0.1) is 6.54 Å². The predicted molar refractivity (Wildman–Crippen MR) is 87.0 cm³/mol. The van der Waals surface area contributed by atoms with Gasteiger partial charge in [-0.15, -0.1) is 5.10 Å². The highest BCUT2D eigenvalue weighted by atomic mass is 19.1. The fourth-order valence-electron chi connectivity index (χ4n) is 1.96. The Morgan fingerprint density at radius 1 is 1.09 bits per heavy atom. The van der Waals surface area contributed by atoms with Gasteiger partial charge in [0, 0.05) is 13.2 Å². The molecule has 0 aliphatic rings. The fraction of sp³-hybridized carbons (Fsp3) is 0.235. The molecule has 0 saturated carbocycles. The highest BCUT2D eigenvalue weighted by Gasteiger charge is 2.10. The van der Waals surface area contributed by atoms with Crippen LogP contribution < -0.4 is 0 Å². The molecule has 116 valence electrons. The average molecular weight is 301 g/mol. The van der Waals surface area contributed by atoms with Crippen molar-refractivity contribution in [3.63, 3.8) is 0 Å². The van der Waals surface area contributed by atoms with Crippen LogP contribution in [-0.4, -0.2) is 19.7 Å². The summed E-state index contributed by atoms with van der Waals surface area (Å²) in [4.78, 5) is 8.59. The highest BCUT2D eigenvalue weighted by molar-refractivity contribution is 5.47. The molecule has 0 atom stereocenters. The Hall–Kier alpha value is -2.56. The maximum absolute atomic E-state index is 13.7. The van der Waals surface area contributed by atoms with Crippen molar-refractivity contribution in [1.29, 1.82) is 0 Å². The Morgan fingerprint density at radius 3 is 2.50 bits per heavy atom. The third-order valence-electron chi connectivity index (χ3n) is 3.03. The molecule has 0 saturated heterocycles. The highest BCUT2D eigenvalue weighted by Crippen LogP contribution is 2.14. The number of hydrogen-bond acceptors (Lipinski definition) is 3. The Labute approximate surface area is 131 Å². The second-order valence-corrected chi connectivity index (χ2v) is 4.45. The van der Waals surface area contributed by atoms with Gasteiger partial charge in [-0.25, -0.2) is 14.1 Å². The smallest absolute Gasteiger partial charge is 0.200 e. The predicted octanol–water partition coefficient (Wildman–Crippen LogP) is 4.11. The summed E-state index contributed by atoms with van der Waals surface area (Å²) >= 11 is 0.